The Bertz CT molecular complexity index is 1010. The summed E-state index contributed by atoms with van der Waals surface area (Å²) in [4.78, 5) is 16.4. The summed E-state index contributed by atoms with van der Waals surface area (Å²) < 4.78 is 32.7. The molecule has 6 nitrogen and oxygen atoms in total. The number of hydrogen-bond donors (Lipinski definition) is 2. The lowest BCUT2D eigenvalue weighted by atomic mass is 9.91. The Labute approximate surface area is 173 Å². The van der Waals surface area contributed by atoms with E-state index in [-0.39, 0.29) is 23.7 Å². The monoisotopic (exact) mass is 414 g/mol. The lowest BCUT2D eigenvalue weighted by molar-refractivity contribution is 0.0926. The van der Waals surface area contributed by atoms with E-state index >= 15 is 0 Å². The molecule has 0 bridgehead atoms. The minimum absolute atomic E-state index is 0.0863. The summed E-state index contributed by atoms with van der Waals surface area (Å²) in [6.45, 7) is 0. The number of halogens is 2. The van der Waals surface area contributed by atoms with Gasteiger partial charge in [0.2, 0.25) is 0 Å². The van der Waals surface area contributed by atoms with Gasteiger partial charge in [0.25, 0.3) is 12.3 Å². The number of imidazole rings is 1. The molecule has 1 aliphatic rings. The number of pyridine rings is 1. The van der Waals surface area contributed by atoms with E-state index in [1.807, 2.05) is 6.07 Å². The number of aromatic nitrogens is 2. The first-order chi connectivity index (χ1) is 14.5. The van der Waals surface area contributed by atoms with E-state index in [4.69, 9.17) is 4.74 Å². The van der Waals surface area contributed by atoms with E-state index in [0.29, 0.717) is 17.0 Å². The van der Waals surface area contributed by atoms with Gasteiger partial charge in [0, 0.05) is 23.8 Å². The lowest BCUT2D eigenvalue weighted by Gasteiger charge is -2.30. The van der Waals surface area contributed by atoms with Crippen molar-refractivity contribution in [2.45, 2.75) is 44.2 Å². The van der Waals surface area contributed by atoms with Crippen LogP contribution >= 0.6 is 0 Å². The molecular formula is C22H24F2N4O2. The number of carbonyl (C=O) groups excluding carboxylic acids is 1. The normalized spacial score (nSPS) is 19.1. The SMILES string of the molecule is COc1ccc(C(=O)NC2CCC(Nc3cccc4nc(C(F)F)cn34)CC2)cc1. The van der Waals surface area contributed by atoms with Gasteiger partial charge in [-0.05, 0) is 62.1 Å². The topological polar surface area (TPSA) is 67.7 Å². The smallest absolute Gasteiger partial charge is 0.281 e. The molecule has 0 unspecified atom stereocenters. The van der Waals surface area contributed by atoms with E-state index in [1.165, 1.54) is 6.20 Å². The first-order valence-corrected chi connectivity index (χ1v) is 10.0. The van der Waals surface area contributed by atoms with Gasteiger partial charge in [-0.1, -0.05) is 6.07 Å². The first-order valence-electron chi connectivity index (χ1n) is 10.0. The number of ether oxygens (including phenoxy) is 1. The Morgan fingerprint density at radius 3 is 2.47 bits per heavy atom. The fourth-order valence-corrected chi connectivity index (χ4v) is 3.85. The molecule has 3 aromatic rings. The van der Waals surface area contributed by atoms with Crippen molar-refractivity contribution in [3.8, 4) is 5.75 Å². The maximum atomic E-state index is 13.0. The number of anilines is 1. The van der Waals surface area contributed by atoms with Crippen LogP contribution in [0.3, 0.4) is 0 Å². The molecule has 2 heterocycles. The number of nitrogens with zero attached hydrogens (tertiary/aromatic N) is 2. The summed E-state index contributed by atoms with van der Waals surface area (Å²) in [5.41, 5.74) is 0.877. The van der Waals surface area contributed by atoms with Crippen molar-refractivity contribution < 1.29 is 18.3 Å². The Hall–Kier alpha value is -3.16. The molecule has 2 aromatic heterocycles. The molecule has 0 saturated heterocycles. The Kier molecular flexibility index (Phi) is 5.83. The number of hydrogen-bond acceptors (Lipinski definition) is 4. The van der Waals surface area contributed by atoms with Crippen molar-refractivity contribution in [1.82, 2.24) is 14.7 Å². The van der Waals surface area contributed by atoms with Gasteiger partial charge in [-0.2, -0.15) is 0 Å². The third kappa shape index (κ3) is 4.37. The molecule has 30 heavy (non-hydrogen) atoms. The summed E-state index contributed by atoms with van der Waals surface area (Å²) in [5.74, 6) is 1.38. The number of amides is 1. The van der Waals surface area contributed by atoms with Gasteiger partial charge in [0.1, 0.15) is 22.9 Å². The van der Waals surface area contributed by atoms with Crippen LogP contribution < -0.4 is 15.4 Å². The van der Waals surface area contributed by atoms with Gasteiger partial charge in [0.05, 0.1) is 7.11 Å². The zero-order valence-corrected chi connectivity index (χ0v) is 16.6. The number of rotatable bonds is 6. The van der Waals surface area contributed by atoms with E-state index < -0.39 is 6.43 Å². The summed E-state index contributed by atoms with van der Waals surface area (Å²) in [6, 6.07) is 12.7. The van der Waals surface area contributed by atoms with Crippen LogP contribution in [0.2, 0.25) is 0 Å². The number of methoxy groups -OCH3 is 1. The van der Waals surface area contributed by atoms with E-state index in [2.05, 4.69) is 15.6 Å². The number of fused-ring (bicyclic) bond motifs is 1. The van der Waals surface area contributed by atoms with E-state index in [1.54, 1.807) is 47.9 Å². The second kappa shape index (κ2) is 8.69. The van der Waals surface area contributed by atoms with Crippen molar-refractivity contribution in [3.05, 3.63) is 59.9 Å². The molecule has 0 radical (unpaired) electrons. The van der Waals surface area contributed by atoms with Crippen molar-refractivity contribution >= 4 is 17.4 Å². The molecule has 158 valence electrons. The Morgan fingerprint density at radius 1 is 1.10 bits per heavy atom. The average molecular weight is 414 g/mol. The van der Waals surface area contributed by atoms with Gasteiger partial charge in [0.15, 0.2) is 0 Å². The zero-order chi connectivity index (χ0) is 21.1. The summed E-state index contributed by atoms with van der Waals surface area (Å²) >= 11 is 0. The lowest BCUT2D eigenvalue weighted by Crippen LogP contribution is -2.40. The molecule has 1 saturated carbocycles. The fraction of sp³-hybridized carbons (Fsp3) is 0.364. The maximum Gasteiger partial charge on any atom is 0.281 e. The van der Waals surface area contributed by atoms with Crippen molar-refractivity contribution in [2.24, 2.45) is 0 Å². The maximum absolute atomic E-state index is 13.0. The second-order valence-electron chi connectivity index (χ2n) is 7.50. The number of nitrogens with one attached hydrogen (secondary N) is 2. The number of benzene rings is 1. The summed E-state index contributed by atoms with van der Waals surface area (Å²) in [5, 5.41) is 6.54. The average Bonchev–Trinajstić information content (AvgIpc) is 3.21. The van der Waals surface area contributed by atoms with Crippen LogP contribution in [0.5, 0.6) is 5.75 Å². The predicted molar refractivity (Wildman–Crippen MR) is 110 cm³/mol. The van der Waals surface area contributed by atoms with Gasteiger partial charge < -0.3 is 15.4 Å². The van der Waals surface area contributed by atoms with Crippen molar-refractivity contribution in [2.75, 3.05) is 12.4 Å². The van der Waals surface area contributed by atoms with Crippen LogP contribution in [0.15, 0.2) is 48.7 Å². The van der Waals surface area contributed by atoms with E-state index in [9.17, 15) is 13.6 Å². The summed E-state index contributed by atoms with van der Waals surface area (Å²) in [6.07, 6.45) is 2.23. The third-order valence-electron chi connectivity index (χ3n) is 5.50. The molecule has 2 N–H and O–H groups in total. The van der Waals surface area contributed by atoms with Crippen LogP contribution in [0.1, 0.15) is 48.2 Å². The van der Waals surface area contributed by atoms with Crippen molar-refractivity contribution in [3.63, 3.8) is 0 Å². The molecule has 4 rings (SSSR count). The zero-order valence-electron chi connectivity index (χ0n) is 16.6. The van der Waals surface area contributed by atoms with Gasteiger partial charge in [-0.3, -0.25) is 9.20 Å². The molecule has 1 aliphatic carbocycles. The highest BCUT2D eigenvalue weighted by atomic mass is 19.3. The third-order valence-corrected chi connectivity index (χ3v) is 5.50. The summed E-state index contributed by atoms with van der Waals surface area (Å²) in [7, 11) is 1.59. The standard InChI is InChI=1S/C22H24F2N4O2/c1-30-17-11-5-14(6-12-17)22(29)26-16-9-7-15(8-10-16)25-19-3-2-4-20-27-18(21(23)24)13-28(19)20/h2-6,11-13,15-16,21,25H,7-10H2,1H3,(H,26,29). The molecule has 0 spiro atoms. The highest BCUT2D eigenvalue weighted by Gasteiger charge is 2.23. The molecule has 1 fully saturated rings. The molecular weight excluding hydrogens is 390 g/mol. The minimum Gasteiger partial charge on any atom is -0.497 e. The largest absolute Gasteiger partial charge is 0.497 e. The molecule has 1 aromatic carbocycles. The second-order valence-corrected chi connectivity index (χ2v) is 7.50. The highest BCUT2D eigenvalue weighted by Crippen LogP contribution is 2.25. The number of carbonyl (C=O) groups is 1. The molecule has 0 atom stereocenters. The first kappa shape index (κ1) is 20.1. The van der Waals surface area contributed by atoms with Gasteiger partial charge in [-0.15, -0.1) is 0 Å². The van der Waals surface area contributed by atoms with Gasteiger partial charge >= 0.3 is 0 Å². The van der Waals surface area contributed by atoms with Crippen LogP contribution in [0, 0.1) is 0 Å². The van der Waals surface area contributed by atoms with E-state index in [0.717, 1.165) is 31.5 Å². The predicted octanol–water partition coefficient (Wildman–Crippen LogP) is 4.43. The number of alkyl halides is 2. The van der Waals surface area contributed by atoms with Crippen molar-refractivity contribution in [1.29, 1.82) is 0 Å². The fourth-order valence-electron chi connectivity index (χ4n) is 3.85. The quantitative estimate of drug-likeness (QED) is 0.626. The van der Waals surface area contributed by atoms with Gasteiger partial charge in [-0.25, -0.2) is 13.8 Å². The molecule has 0 aliphatic heterocycles. The Balaban J connectivity index is 1.33. The minimum atomic E-state index is -2.59. The van der Waals surface area contributed by atoms with Crippen LogP contribution in [0.25, 0.3) is 5.65 Å². The van der Waals surface area contributed by atoms with Crippen LogP contribution in [0.4, 0.5) is 14.6 Å². The molecule has 8 heteroatoms. The Morgan fingerprint density at radius 2 is 1.80 bits per heavy atom. The van der Waals surface area contributed by atoms with Crippen LogP contribution in [-0.4, -0.2) is 34.5 Å². The highest BCUT2D eigenvalue weighted by molar-refractivity contribution is 5.94. The van der Waals surface area contributed by atoms with Crippen LogP contribution in [-0.2, 0) is 0 Å². The molecule has 1 amide bonds.